The number of carbonyl (C=O) groups excluding carboxylic acids is 4. The Morgan fingerprint density at radius 2 is 1.83 bits per heavy atom. The summed E-state index contributed by atoms with van der Waals surface area (Å²) in [7, 11) is 0. The zero-order chi connectivity index (χ0) is 21.7. The molecule has 1 aliphatic carbocycles. The Labute approximate surface area is 177 Å². The largest absolute Gasteiger partial charge is 0.454 e. The third-order valence-electron chi connectivity index (χ3n) is 4.75. The molecule has 30 heavy (non-hydrogen) atoms. The fourth-order valence-corrected chi connectivity index (χ4v) is 4.58. The SMILES string of the molecule is CC(NC(=O)c1ccccc1)C(=O)OCC(=O)Nc1sc2c(c1C(N)=O)CCCC2. The van der Waals surface area contributed by atoms with Crippen LogP contribution >= 0.6 is 11.3 Å². The van der Waals surface area contributed by atoms with Crippen molar-refractivity contribution in [3.8, 4) is 0 Å². The summed E-state index contributed by atoms with van der Waals surface area (Å²) in [6, 6.07) is 7.52. The predicted octanol–water partition coefficient (Wildman–Crippen LogP) is 2.03. The van der Waals surface area contributed by atoms with Crippen LogP contribution in [0.5, 0.6) is 0 Å². The smallest absolute Gasteiger partial charge is 0.328 e. The van der Waals surface area contributed by atoms with E-state index in [0.717, 1.165) is 36.1 Å². The maximum Gasteiger partial charge on any atom is 0.328 e. The number of fused-ring (bicyclic) bond motifs is 1. The second-order valence-electron chi connectivity index (χ2n) is 7.00. The Balaban J connectivity index is 1.54. The topological polar surface area (TPSA) is 128 Å². The molecule has 2 aromatic rings. The number of hydrogen-bond acceptors (Lipinski definition) is 6. The Hall–Kier alpha value is -3.20. The van der Waals surface area contributed by atoms with Gasteiger partial charge in [0.2, 0.25) is 0 Å². The minimum atomic E-state index is -0.930. The maximum absolute atomic E-state index is 12.2. The molecule has 0 bridgehead atoms. The number of thiophene rings is 1. The minimum Gasteiger partial charge on any atom is -0.454 e. The lowest BCUT2D eigenvalue weighted by molar-refractivity contribution is -0.148. The first-order valence-corrected chi connectivity index (χ1v) is 10.4. The van der Waals surface area contributed by atoms with Crippen molar-refractivity contribution >= 4 is 40.0 Å². The molecule has 8 nitrogen and oxygen atoms in total. The number of nitrogens with two attached hydrogens (primary N) is 1. The maximum atomic E-state index is 12.2. The van der Waals surface area contributed by atoms with E-state index in [1.807, 2.05) is 0 Å². The number of anilines is 1. The van der Waals surface area contributed by atoms with Gasteiger partial charge in [-0.25, -0.2) is 4.79 Å². The van der Waals surface area contributed by atoms with Gasteiger partial charge in [0.1, 0.15) is 11.0 Å². The van der Waals surface area contributed by atoms with Gasteiger partial charge < -0.3 is 21.1 Å². The van der Waals surface area contributed by atoms with Gasteiger partial charge in [0.15, 0.2) is 6.61 Å². The predicted molar refractivity (Wildman–Crippen MR) is 112 cm³/mol. The van der Waals surface area contributed by atoms with Crippen LogP contribution in [0.25, 0.3) is 0 Å². The molecule has 1 aromatic heterocycles. The number of esters is 1. The van der Waals surface area contributed by atoms with Gasteiger partial charge in [0.25, 0.3) is 17.7 Å². The van der Waals surface area contributed by atoms with E-state index in [1.165, 1.54) is 18.3 Å². The molecule has 1 aliphatic rings. The van der Waals surface area contributed by atoms with Crippen LogP contribution in [-0.2, 0) is 27.2 Å². The van der Waals surface area contributed by atoms with E-state index in [-0.39, 0.29) is 0 Å². The molecule has 1 aromatic carbocycles. The second kappa shape index (κ2) is 9.53. The Morgan fingerprint density at radius 3 is 2.53 bits per heavy atom. The Bertz CT molecular complexity index is 971. The number of aryl methyl sites for hydroxylation is 1. The Kier molecular flexibility index (Phi) is 6.83. The molecule has 0 spiro atoms. The molecule has 0 radical (unpaired) electrons. The summed E-state index contributed by atoms with van der Waals surface area (Å²) in [5.74, 6) is -2.32. The van der Waals surface area contributed by atoms with Crippen molar-refractivity contribution in [3.05, 3.63) is 51.9 Å². The highest BCUT2D eigenvalue weighted by atomic mass is 32.1. The van der Waals surface area contributed by atoms with Gasteiger partial charge in [0, 0.05) is 10.4 Å². The summed E-state index contributed by atoms with van der Waals surface area (Å²) in [5.41, 5.74) is 7.17. The van der Waals surface area contributed by atoms with Crippen LogP contribution in [0.1, 0.15) is 50.9 Å². The summed E-state index contributed by atoms with van der Waals surface area (Å²) < 4.78 is 5.00. The summed E-state index contributed by atoms with van der Waals surface area (Å²) in [5, 5.41) is 5.54. The van der Waals surface area contributed by atoms with Crippen molar-refractivity contribution in [1.29, 1.82) is 0 Å². The molecule has 4 N–H and O–H groups in total. The summed E-state index contributed by atoms with van der Waals surface area (Å²) >= 11 is 1.33. The lowest BCUT2D eigenvalue weighted by atomic mass is 9.95. The van der Waals surface area contributed by atoms with Crippen LogP contribution in [0.3, 0.4) is 0 Å². The van der Waals surface area contributed by atoms with Crippen LogP contribution in [0.15, 0.2) is 30.3 Å². The van der Waals surface area contributed by atoms with Gasteiger partial charge in [-0.3, -0.25) is 14.4 Å². The van der Waals surface area contributed by atoms with E-state index in [9.17, 15) is 19.2 Å². The molecule has 3 rings (SSSR count). The molecule has 1 unspecified atom stereocenters. The molecule has 0 saturated carbocycles. The fraction of sp³-hybridized carbons (Fsp3) is 0.333. The number of amides is 3. The molecular formula is C21H23N3O5S. The van der Waals surface area contributed by atoms with E-state index >= 15 is 0 Å². The third-order valence-corrected chi connectivity index (χ3v) is 5.96. The van der Waals surface area contributed by atoms with Crippen LogP contribution in [0, 0.1) is 0 Å². The number of ether oxygens (including phenoxy) is 1. The highest BCUT2D eigenvalue weighted by molar-refractivity contribution is 7.17. The monoisotopic (exact) mass is 429 g/mol. The van der Waals surface area contributed by atoms with Crippen LogP contribution < -0.4 is 16.4 Å². The molecule has 1 atom stereocenters. The highest BCUT2D eigenvalue weighted by Gasteiger charge is 2.25. The van der Waals surface area contributed by atoms with Gasteiger partial charge in [-0.1, -0.05) is 18.2 Å². The summed E-state index contributed by atoms with van der Waals surface area (Å²) in [6.07, 6.45) is 3.61. The average Bonchev–Trinajstić information content (AvgIpc) is 3.10. The van der Waals surface area contributed by atoms with Crippen LogP contribution in [0.4, 0.5) is 5.00 Å². The number of carbonyl (C=O) groups is 4. The van der Waals surface area contributed by atoms with Gasteiger partial charge in [-0.05, 0) is 50.3 Å². The zero-order valence-electron chi connectivity index (χ0n) is 16.5. The second-order valence-corrected chi connectivity index (χ2v) is 8.10. The molecule has 1 heterocycles. The van der Waals surface area contributed by atoms with Crippen LogP contribution in [0.2, 0.25) is 0 Å². The quantitative estimate of drug-likeness (QED) is 0.580. The van der Waals surface area contributed by atoms with Crippen molar-refractivity contribution in [2.45, 2.75) is 38.6 Å². The number of benzene rings is 1. The molecule has 0 aliphatic heterocycles. The Morgan fingerprint density at radius 1 is 1.13 bits per heavy atom. The minimum absolute atomic E-state index is 0.345. The number of primary amides is 1. The first-order chi connectivity index (χ1) is 14.4. The van der Waals surface area contributed by atoms with Crippen molar-refractivity contribution in [3.63, 3.8) is 0 Å². The molecular weight excluding hydrogens is 406 g/mol. The molecule has 158 valence electrons. The average molecular weight is 429 g/mol. The molecule has 0 saturated heterocycles. The van der Waals surface area contributed by atoms with Crippen molar-refractivity contribution in [2.75, 3.05) is 11.9 Å². The first-order valence-electron chi connectivity index (χ1n) is 9.63. The highest BCUT2D eigenvalue weighted by Crippen LogP contribution is 2.37. The number of nitrogens with one attached hydrogen (secondary N) is 2. The summed E-state index contributed by atoms with van der Waals surface area (Å²) in [4.78, 5) is 49.4. The van der Waals surface area contributed by atoms with E-state index in [4.69, 9.17) is 10.5 Å². The van der Waals surface area contributed by atoms with Gasteiger partial charge >= 0.3 is 5.97 Å². The lowest BCUT2D eigenvalue weighted by Gasteiger charge is -2.13. The molecule has 9 heteroatoms. The number of rotatable bonds is 7. The third kappa shape index (κ3) is 5.04. The van der Waals surface area contributed by atoms with Gasteiger partial charge in [-0.15, -0.1) is 11.3 Å². The van der Waals surface area contributed by atoms with E-state index in [0.29, 0.717) is 16.1 Å². The first kappa shape index (κ1) is 21.5. The molecule has 3 amide bonds. The van der Waals surface area contributed by atoms with Crippen molar-refractivity contribution in [2.24, 2.45) is 5.73 Å². The zero-order valence-corrected chi connectivity index (χ0v) is 17.3. The standard InChI is InChI=1S/C21H23N3O5S/c1-12(23-19(27)13-7-3-2-4-8-13)21(28)29-11-16(25)24-20-17(18(22)26)14-9-5-6-10-15(14)30-20/h2-4,7-8,12H,5-6,9-11H2,1H3,(H2,22,26)(H,23,27)(H,24,25). The summed E-state index contributed by atoms with van der Waals surface area (Å²) in [6.45, 7) is 0.935. The van der Waals surface area contributed by atoms with Gasteiger partial charge in [-0.2, -0.15) is 0 Å². The fourth-order valence-electron chi connectivity index (χ4n) is 3.27. The van der Waals surface area contributed by atoms with Crippen molar-refractivity contribution < 1.29 is 23.9 Å². The van der Waals surface area contributed by atoms with Gasteiger partial charge in [0.05, 0.1) is 5.56 Å². The van der Waals surface area contributed by atoms with E-state index in [2.05, 4.69) is 10.6 Å². The van der Waals surface area contributed by atoms with E-state index < -0.39 is 36.3 Å². The lowest BCUT2D eigenvalue weighted by Crippen LogP contribution is -2.40. The molecule has 0 fully saturated rings. The van der Waals surface area contributed by atoms with Crippen molar-refractivity contribution in [1.82, 2.24) is 5.32 Å². The van der Waals surface area contributed by atoms with E-state index in [1.54, 1.807) is 30.3 Å². The number of hydrogen-bond donors (Lipinski definition) is 3. The van der Waals surface area contributed by atoms with Crippen LogP contribution in [-0.4, -0.2) is 36.3 Å². The normalized spacial score (nSPS) is 13.6.